The Morgan fingerprint density at radius 2 is 0.758 bits per heavy atom. The molecule has 6 rings (SSSR count). The van der Waals surface area contributed by atoms with Crippen molar-refractivity contribution in [3.63, 3.8) is 0 Å². The fraction of sp³-hybridized carbons (Fsp3) is 0.357. The van der Waals surface area contributed by atoms with Crippen LogP contribution in [-0.4, -0.2) is 60.0 Å². The van der Waals surface area contributed by atoms with Gasteiger partial charge in [-0.2, -0.15) is 0 Å². The maximum atomic E-state index is 13.2. The number of benzene rings is 6. The van der Waals surface area contributed by atoms with Gasteiger partial charge in [-0.3, -0.25) is 9.59 Å². The molecule has 10 heteroatoms. The van der Waals surface area contributed by atoms with Crippen molar-refractivity contribution in [2.24, 2.45) is 0 Å². The molecule has 0 radical (unpaired) electrons. The average molecular weight is 891 g/mol. The van der Waals surface area contributed by atoms with Crippen LogP contribution in [0.5, 0.6) is 0 Å². The van der Waals surface area contributed by atoms with Crippen molar-refractivity contribution in [2.45, 2.75) is 103 Å². The molecule has 0 heterocycles. The van der Waals surface area contributed by atoms with Gasteiger partial charge >= 0.3 is 12.2 Å². The van der Waals surface area contributed by atoms with Crippen molar-refractivity contribution in [1.29, 1.82) is 0 Å². The van der Waals surface area contributed by atoms with Crippen LogP contribution in [0.1, 0.15) is 99.3 Å². The van der Waals surface area contributed by atoms with Crippen molar-refractivity contribution in [1.82, 2.24) is 20.4 Å². The molecule has 0 saturated heterocycles. The zero-order valence-electron chi connectivity index (χ0n) is 38.3. The normalized spacial score (nSPS) is 11.0. The molecule has 0 saturated carbocycles. The van der Waals surface area contributed by atoms with Gasteiger partial charge in [-0.05, 0) is 94.5 Å². The Labute approximate surface area is 390 Å². The second-order valence-electron chi connectivity index (χ2n) is 17.0. The lowest BCUT2D eigenvalue weighted by Crippen LogP contribution is -2.32. The minimum Gasteiger partial charge on any atom is -0.445 e. The summed E-state index contributed by atoms with van der Waals surface area (Å²) in [5, 5.41) is 10.7. The molecule has 0 aliphatic heterocycles. The predicted octanol–water partition coefficient (Wildman–Crippen LogP) is 11.9. The number of ether oxygens (including phenoxy) is 2. The summed E-state index contributed by atoms with van der Waals surface area (Å²) in [6, 6.07) is 48.3. The standard InChI is InChI=1S/C56H66N4O6/c61-53(29-11-5-19-37-59(55(63)65-43-45-21-7-3-8-22-45)41-47-31-33-49-25-13-15-27-51(49)39-47)57-35-17-1-2-18-36-58-54(62)30-12-6-20-38-60(56(64)66-44-46-23-9-4-10-24-46)42-48-32-34-50-26-14-16-28-52(50)40-48/h3-4,7-10,13-16,21-28,31-34,39-40H,1-2,5-6,11-12,17-20,29-30,35-38,41-44H2,(H,57,61)(H,58,62). The van der Waals surface area contributed by atoms with Crippen molar-refractivity contribution in [2.75, 3.05) is 26.2 Å². The smallest absolute Gasteiger partial charge is 0.410 e. The molecule has 10 nitrogen and oxygen atoms in total. The minimum atomic E-state index is -0.340. The number of carbonyl (C=O) groups is 4. The minimum absolute atomic E-state index is 0.0539. The molecule has 0 aliphatic rings. The highest BCUT2D eigenvalue weighted by Gasteiger charge is 2.18. The van der Waals surface area contributed by atoms with Crippen LogP contribution in [0.15, 0.2) is 146 Å². The maximum Gasteiger partial charge on any atom is 0.410 e. The zero-order valence-corrected chi connectivity index (χ0v) is 38.3. The third-order valence-electron chi connectivity index (χ3n) is 11.7. The number of nitrogens with one attached hydrogen (secondary N) is 2. The van der Waals surface area contributed by atoms with E-state index in [-0.39, 0.29) is 37.2 Å². The molecular weight excluding hydrogens is 825 g/mol. The summed E-state index contributed by atoms with van der Waals surface area (Å²) in [6.07, 6.45) is 8.70. The summed E-state index contributed by atoms with van der Waals surface area (Å²) in [4.78, 5) is 55.1. The van der Waals surface area contributed by atoms with E-state index in [1.807, 2.05) is 84.9 Å². The van der Waals surface area contributed by atoms with Gasteiger partial charge in [0.25, 0.3) is 0 Å². The largest absolute Gasteiger partial charge is 0.445 e. The summed E-state index contributed by atoms with van der Waals surface area (Å²) < 4.78 is 11.4. The van der Waals surface area contributed by atoms with Crippen LogP contribution in [0.2, 0.25) is 0 Å². The van der Waals surface area contributed by atoms with E-state index in [1.54, 1.807) is 9.80 Å². The quantitative estimate of drug-likeness (QED) is 0.0498. The van der Waals surface area contributed by atoms with Gasteiger partial charge in [0.05, 0.1) is 0 Å². The lowest BCUT2D eigenvalue weighted by molar-refractivity contribution is -0.122. The van der Waals surface area contributed by atoms with Gasteiger partial charge < -0.3 is 29.9 Å². The summed E-state index contributed by atoms with van der Waals surface area (Å²) in [5.74, 6) is 0.108. The highest BCUT2D eigenvalue weighted by Crippen LogP contribution is 2.20. The summed E-state index contributed by atoms with van der Waals surface area (Å²) >= 11 is 0. The Morgan fingerprint density at radius 3 is 1.18 bits per heavy atom. The van der Waals surface area contributed by atoms with E-state index in [0.717, 1.165) is 108 Å². The molecule has 4 amide bonds. The summed E-state index contributed by atoms with van der Waals surface area (Å²) in [6.45, 7) is 3.73. The molecule has 0 atom stereocenters. The topological polar surface area (TPSA) is 117 Å². The first-order valence-corrected chi connectivity index (χ1v) is 23.8. The highest BCUT2D eigenvalue weighted by atomic mass is 16.6. The van der Waals surface area contributed by atoms with Crippen LogP contribution in [0.25, 0.3) is 21.5 Å². The number of amides is 4. The van der Waals surface area contributed by atoms with Gasteiger partial charge in [0.2, 0.25) is 11.8 Å². The van der Waals surface area contributed by atoms with Crippen molar-refractivity contribution >= 4 is 45.5 Å². The molecule has 346 valence electrons. The Morgan fingerprint density at radius 1 is 0.379 bits per heavy atom. The third-order valence-corrected chi connectivity index (χ3v) is 11.7. The first-order valence-electron chi connectivity index (χ1n) is 23.8. The van der Waals surface area contributed by atoms with Gasteiger partial charge in [0, 0.05) is 52.1 Å². The number of carbonyl (C=O) groups excluding carboxylic acids is 4. The molecule has 0 bridgehead atoms. The molecule has 0 spiro atoms. The van der Waals surface area contributed by atoms with Crippen molar-refractivity contribution in [3.05, 3.63) is 168 Å². The molecule has 2 N–H and O–H groups in total. The Hall–Kier alpha value is -6.68. The molecule has 66 heavy (non-hydrogen) atoms. The van der Waals surface area contributed by atoms with Crippen molar-refractivity contribution < 1.29 is 28.7 Å². The molecule has 0 unspecified atom stereocenters. The van der Waals surface area contributed by atoms with E-state index in [0.29, 0.717) is 52.1 Å². The van der Waals surface area contributed by atoms with Gasteiger partial charge in [-0.1, -0.05) is 159 Å². The fourth-order valence-corrected chi connectivity index (χ4v) is 7.97. The van der Waals surface area contributed by atoms with E-state index < -0.39 is 0 Å². The second-order valence-corrected chi connectivity index (χ2v) is 17.0. The first-order chi connectivity index (χ1) is 32.4. The molecule has 6 aromatic carbocycles. The lowest BCUT2D eigenvalue weighted by Gasteiger charge is -2.22. The van der Waals surface area contributed by atoms with Crippen LogP contribution in [-0.2, 0) is 45.4 Å². The van der Waals surface area contributed by atoms with Crippen LogP contribution in [0.3, 0.4) is 0 Å². The number of hydrogen-bond acceptors (Lipinski definition) is 6. The maximum absolute atomic E-state index is 13.2. The number of fused-ring (bicyclic) bond motifs is 2. The van der Waals surface area contributed by atoms with E-state index >= 15 is 0 Å². The Bertz CT molecular complexity index is 2240. The number of nitrogens with zero attached hydrogens (tertiary/aromatic N) is 2. The Balaban J connectivity index is 0.790. The van der Waals surface area contributed by atoms with Crippen LogP contribution in [0, 0.1) is 0 Å². The molecule has 0 aromatic heterocycles. The zero-order chi connectivity index (χ0) is 46.0. The predicted molar refractivity (Wildman–Crippen MR) is 263 cm³/mol. The monoisotopic (exact) mass is 890 g/mol. The molecule has 0 aliphatic carbocycles. The summed E-state index contributed by atoms with van der Waals surface area (Å²) in [5.41, 5.74) is 3.99. The number of rotatable bonds is 27. The van der Waals surface area contributed by atoms with E-state index in [1.165, 1.54) is 0 Å². The van der Waals surface area contributed by atoms with Gasteiger partial charge in [-0.15, -0.1) is 0 Å². The molecule has 6 aromatic rings. The van der Waals surface area contributed by atoms with Crippen LogP contribution >= 0.6 is 0 Å². The van der Waals surface area contributed by atoms with Gasteiger partial charge in [-0.25, -0.2) is 9.59 Å². The number of unbranched alkanes of at least 4 members (excludes halogenated alkanes) is 7. The van der Waals surface area contributed by atoms with Crippen LogP contribution < -0.4 is 10.6 Å². The Kier molecular flexibility index (Phi) is 20.4. The SMILES string of the molecule is O=C(CCCCCN(Cc1ccc2ccccc2c1)C(=O)OCc1ccccc1)NCCCCCCNC(=O)CCCCCN(Cc1ccc2ccccc2c1)C(=O)OCc1ccccc1. The lowest BCUT2D eigenvalue weighted by atomic mass is 10.1. The average Bonchev–Trinajstić information content (AvgIpc) is 3.35. The van der Waals surface area contributed by atoms with E-state index in [4.69, 9.17) is 9.47 Å². The first kappa shape index (κ1) is 48.8. The van der Waals surface area contributed by atoms with E-state index in [9.17, 15) is 19.2 Å². The summed E-state index contributed by atoms with van der Waals surface area (Å²) in [7, 11) is 0. The van der Waals surface area contributed by atoms with Gasteiger partial charge in [0.1, 0.15) is 13.2 Å². The van der Waals surface area contributed by atoms with Crippen molar-refractivity contribution in [3.8, 4) is 0 Å². The van der Waals surface area contributed by atoms with Crippen LogP contribution in [0.4, 0.5) is 9.59 Å². The molecular formula is C56H66N4O6. The van der Waals surface area contributed by atoms with Gasteiger partial charge in [0.15, 0.2) is 0 Å². The van der Waals surface area contributed by atoms with E-state index in [2.05, 4.69) is 71.3 Å². The second kappa shape index (κ2) is 27.6. The molecule has 0 fully saturated rings. The third kappa shape index (κ3) is 17.4. The number of hydrogen-bond donors (Lipinski definition) is 2. The fourth-order valence-electron chi connectivity index (χ4n) is 7.97. The highest BCUT2D eigenvalue weighted by molar-refractivity contribution is 5.84.